The molecule has 21 heavy (non-hydrogen) atoms. The van der Waals surface area contributed by atoms with Crippen molar-refractivity contribution in [3.8, 4) is 6.07 Å². The summed E-state index contributed by atoms with van der Waals surface area (Å²) in [6.45, 7) is 11.0. The number of aromatic nitrogens is 2. The van der Waals surface area contributed by atoms with E-state index in [4.69, 9.17) is 0 Å². The predicted molar refractivity (Wildman–Crippen MR) is 82.4 cm³/mol. The predicted octanol–water partition coefficient (Wildman–Crippen LogP) is 1.32. The first-order valence-corrected chi connectivity index (χ1v) is 7.36. The zero-order chi connectivity index (χ0) is 15.6. The van der Waals surface area contributed by atoms with Crippen molar-refractivity contribution >= 4 is 5.82 Å². The Hall–Kier alpha value is -1.87. The topological polar surface area (TPSA) is 76.0 Å². The summed E-state index contributed by atoms with van der Waals surface area (Å²) in [5.74, 6) is 1.64. The molecule has 0 unspecified atom stereocenters. The van der Waals surface area contributed by atoms with Gasteiger partial charge in [0.25, 0.3) is 5.56 Å². The van der Waals surface area contributed by atoms with Gasteiger partial charge in [-0.2, -0.15) is 5.26 Å². The number of hydrogen-bond acceptors (Lipinski definition) is 5. The fraction of sp³-hybridized carbons (Fsp3) is 0.667. The van der Waals surface area contributed by atoms with Gasteiger partial charge in [-0.3, -0.25) is 9.69 Å². The third kappa shape index (κ3) is 3.42. The second-order valence-corrected chi connectivity index (χ2v) is 6.29. The van der Waals surface area contributed by atoms with Crippen LogP contribution in [0.15, 0.2) is 10.9 Å². The van der Waals surface area contributed by atoms with Crippen LogP contribution in [0, 0.1) is 11.3 Å². The van der Waals surface area contributed by atoms with Gasteiger partial charge in [0, 0.05) is 38.2 Å². The van der Waals surface area contributed by atoms with Gasteiger partial charge in [-0.15, -0.1) is 0 Å². The van der Waals surface area contributed by atoms with Crippen LogP contribution in [0.4, 0.5) is 5.82 Å². The van der Waals surface area contributed by atoms with Crippen molar-refractivity contribution in [1.82, 2.24) is 14.9 Å². The molecule has 2 heterocycles. The number of nitrogens with one attached hydrogen (secondary N) is 1. The fourth-order valence-electron chi connectivity index (χ4n) is 2.46. The van der Waals surface area contributed by atoms with Crippen LogP contribution in [-0.2, 0) is 0 Å². The third-order valence-corrected chi connectivity index (χ3v) is 3.96. The van der Waals surface area contributed by atoms with Crippen LogP contribution in [0.25, 0.3) is 0 Å². The molecule has 0 aromatic carbocycles. The summed E-state index contributed by atoms with van der Waals surface area (Å²) < 4.78 is 0. The molecule has 0 saturated carbocycles. The second-order valence-electron chi connectivity index (χ2n) is 6.29. The Morgan fingerprint density at radius 1 is 1.33 bits per heavy atom. The molecule has 1 aliphatic heterocycles. The normalized spacial score (nSPS) is 17.0. The van der Waals surface area contributed by atoms with Gasteiger partial charge in [-0.05, 0) is 13.8 Å². The molecule has 0 radical (unpaired) electrons. The van der Waals surface area contributed by atoms with Gasteiger partial charge in [0.05, 0.1) is 6.07 Å². The molecule has 1 aromatic heterocycles. The molecule has 1 aliphatic rings. The van der Waals surface area contributed by atoms with E-state index in [0.717, 1.165) is 37.8 Å². The molecule has 2 rings (SSSR count). The minimum absolute atomic E-state index is 0.108. The van der Waals surface area contributed by atoms with Crippen LogP contribution in [0.5, 0.6) is 0 Å². The molecule has 6 heteroatoms. The molecule has 1 saturated heterocycles. The number of hydrogen-bond donors (Lipinski definition) is 1. The van der Waals surface area contributed by atoms with Crippen LogP contribution < -0.4 is 10.5 Å². The second kappa shape index (κ2) is 5.86. The number of anilines is 1. The van der Waals surface area contributed by atoms with E-state index in [1.807, 2.05) is 27.7 Å². The van der Waals surface area contributed by atoms with E-state index in [9.17, 15) is 10.1 Å². The first kappa shape index (κ1) is 15.5. The summed E-state index contributed by atoms with van der Waals surface area (Å²) in [6, 6.07) is 3.89. The largest absolute Gasteiger partial charge is 0.354 e. The number of aromatic amines is 1. The van der Waals surface area contributed by atoms with Crippen LogP contribution in [0.3, 0.4) is 0 Å². The summed E-state index contributed by atoms with van der Waals surface area (Å²) in [4.78, 5) is 23.4. The number of nitrogens with zero attached hydrogens (tertiary/aromatic N) is 4. The minimum Gasteiger partial charge on any atom is -0.354 e. The van der Waals surface area contributed by atoms with Crippen molar-refractivity contribution in [3.05, 3.63) is 22.2 Å². The summed E-state index contributed by atoms with van der Waals surface area (Å²) in [5.41, 5.74) is -0.556. The van der Waals surface area contributed by atoms with Crippen LogP contribution in [0.1, 0.15) is 39.4 Å². The SMILES string of the molecule is CC(C)c1nc(N2CCN(C(C)(C)C#N)CC2)cc(=O)[nH]1. The molecule has 0 spiro atoms. The van der Waals surface area contributed by atoms with E-state index < -0.39 is 5.54 Å². The Morgan fingerprint density at radius 2 is 1.95 bits per heavy atom. The average Bonchev–Trinajstić information content (AvgIpc) is 2.46. The highest BCUT2D eigenvalue weighted by Gasteiger charge is 2.30. The highest BCUT2D eigenvalue weighted by Crippen LogP contribution is 2.19. The lowest BCUT2D eigenvalue weighted by molar-refractivity contribution is 0.157. The summed E-state index contributed by atoms with van der Waals surface area (Å²) in [7, 11) is 0. The van der Waals surface area contributed by atoms with Gasteiger partial charge < -0.3 is 9.88 Å². The smallest absolute Gasteiger partial charge is 0.252 e. The molecule has 114 valence electrons. The Balaban J connectivity index is 2.13. The zero-order valence-electron chi connectivity index (χ0n) is 13.2. The van der Waals surface area contributed by atoms with Gasteiger partial charge in [0.15, 0.2) is 0 Å². The number of rotatable bonds is 3. The van der Waals surface area contributed by atoms with E-state index in [0.29, 0.717) is 0 Å². The lowest BCUT2D eigenvalue weighted by Gasteiger charge is -2.40. The van der Waals surface area contributed by atoms with Gasteiger partial charge in [0.1, 0.15) is 17.2 Å². The molecule has 0 atom stereocenters. The minimum atomic E-state index is -0.448. The molecule has 0 bridgehead atoms. The third-order valence-electron chi connectivity index (χ3n) is 3.96. The lowest BCUT2D eigenvalue weighted by atomic mass is 10.0. The van der Waals surface area contributed by atoms with Gasteiger partial charge in [-0.1, -0.05) is 13.8 Å². The van der Waals surface area contributed by atoms with Crippen LogP contribution >= 0.6 is 0 Å². The van der Waals surface area contributed by atoms with Crippen molar-refractivity contribution in [1.29, 1.82) is 5.26 Å². The van der Waals surface area contributed by atoms with E-state index in [2.05, 4.69) is 25.8 Å². The zero-order valence-corrected chi connectivity index (χ0v) is 13.2. The van der Waals surface area contributed by atoms with Crippen LogP contribution in [0.2, 0.25) is 0 Å². The number of H-pyrrole nitrogens is 1. The first-order chi connectivity index (χ1) is 9.83. The summed E-state index contributed by atoms with van der Waals surface area (Å²) in [5, 5.41) is 9.20. The standard InChI is InChI=1S/C15H23N5O/c1-11(2)14-17-12(9-13(21)18-14)19-5-7-20(8-6-19)15(3,4)10-16/h9,11H,5-8H2,1-4H3,(H,17,18,21). The van der Waals surface area contributed by atoms with Crippen molar-refractivity contribution in [2.45, 2.75) is 39.2 Å². The van der Waals surface area contributed by atoms with E-state index in [-0.39, 0.29) is 11.5 Å². The maximum Gasteiger partial charge on any atom is 0.252 e. The molecule has 1 aromatic rings. The lowest BCUT2D eigenvalue weighted by Crippen LogP contribution is -2.54. The molecular formula is C15H23N5O. The number of nitriles is 1. The Morgan fingerprint density at radius 3 is 2.48 bits per heavy atom. The van der Waals surface area contributed by atoms with E-state index in [1.54, 1.807) is 6.07 Å². The number of piperazine rings is 1. The Bertz CT molecular complexity index is 591. The summed E-state index contributed by atoms with van der Waals surface area (Å²) >= 11 is 0. The van der Waals surface area contributed by atoms with Gasteiger partial charge in [0.2, 0.25) is 0 Å². The molecular weight excluding hydrogens is 266 g/mol. The Labute approximate surface area is 125 Å². The van der Waals surface area contributed by atoms with Crippen molar-refractivity contribution in [2.75, 3.05) is 31.1 Å². The maximum atomic E-state index is 11.8. The average molecular weight is 289 g/mol. The van der Waals surface area contributed by atoms with E-state index >= 15 is 0 Å². The summed E-state index contributed by atoms with van der Waals surface area (Å²) in [6.07, 6.45) is 0. The molecule has 0 amide bonds. The van der Waals surface area contributed by atoms with Crippen molar-refractivity contribution < 1.29 is 0 Å². The van der Waals surface area contributed by atoms with Crippen molar-refractivity contribution in [2.24, 2.45) is 0 Å². The first-order valence-electron chi connectivity index (χ1n) is 7.36. The fourth-order valence-corrected chi connectivity index (χ4v) is 2.46. The monoisotopic (exact) mass is 289 g/mol. The maximum absolute atomic E-state index is 11.8. The van der Waals surface area contributed by atoms with Gasteiger partial charge >= 0.3 is 0 Å². The van der Waals surface area contributed by atoms with Gasteiger partial charge in [-0.25, -0.2) is 4.98 Å². The molecule has 6 nitrogen and oxygen atoms in total. The quantitative estimate of drug-likeness (QED) is 0.908. The highest BCUT2D eigenvalue weighted by atomic mass is 16.1. The van der Waals surface area contributed by atoms with E-state index in [1.165, 1.54) is 0 Å². The molecule has 1 N–H and O–H groups in total. The van der Waals surface area contributed by atoms with Crippen molar-refractivity contribution in [3.63, 3.8) is 0 Å². The molecule has 0 aliphatic carbocycles. The van der Waals surface area contributed by atoms with Crippen LogP contribution in [-0.4, -0.2) is 46.6 Å². The Kier molecular flexibility index (Phi) is 4.33. The molecule has 1 fully saturated rings. The highest BCUT2D eigenvalue weighted by molar-refractivity contribution is 5.38.